The SMILES string of the molecule is CCCCCCCCCCCOC(=O)CCN(CCCN(C)CCCN(CCC(=O)OCCCCCCCCCCC)CCC(=O)OCCCCCCCCCCC)CCC(=O)OC. The Morgan fingerprint density at radius 3 is 0.828 bits per heavy atom. The average Bonchev–Trinajstić information content (AvgIpc) is 3.29. The van der Waals surface area contributed by atoms with E-state index < -0.39 is 0 Å². The highest BCUT2D eigenvalue weighted by Gasteiger charge is 2.15. The second-order valence-corrected chi connectivity index (χ2v) is 18.4. The number of hydrogen-bond donors (Lipinski definition) is 0. The third kappa shape index (κ3) is 44.9. The van der Waals surface area contributed by atoms with Crippen LogP contribution in [0.3, 0.4) is 0 Å². The highest BCUT2D eigenvalue weighted by molar-refractivity contribution is 5.70. The van der Waals surface area contributed by atoms with Crippen molar-refractivity contribution >= 4 is 23.9 Å². The predicted octanol–water partition coefficient (Wildman–Crippen LogP) is 12.3. The molecule has 0 aromatic rings. The fourth-order valence-electron chi connectivity index (χ4n) is 8.02. The highest BCUT2D eigenvalue weighted by atomic mass is 16.5. The van der Waals surface area contributed by atoms with Crippen LogP contribution < -0.4 is 0 Å². The van der Waals surface area contributed by atoms with Gasteiger partial charge in [0.2, 0.25) is 0 Å². The quantitative estimate of drug-likeness (QED) is 0.0330. The normalized spacial score (nSPS) is 11.5. The van der Waals surface area contributed by atoms with Crippen molar-refractivity contribution in [2.24, 2.45) is 0 Å². The molecule has 0 radical (unpaired) electrons. The summed E-state index contributed by atoms with van der Waals surface area (Å²) < 4.78 is 21.6. The molecule has 378 valence electrons. The Balaban J connectivity index is 4.74. The molecular weight excluding hydrogens is 807 g/mol. The molecule has 64 heavy (non-hydrogen) atoms. The van der Waals surface area contributed by atoms with Crippen LogP contribution in [0.5, 0.6) is 0 Å². The molecule has 0 aliphatic heterocycles. The summed E-state index contributed by atoms with van der Waals surface area (Å²) in [6.07, 6.45) is 36.1. The molecule has 0 bridgehead atoms. The van der Waals surface area contributed by atoms with Crippen molar-refractivity contribution < 1.29 is 38.1 Å². The molecule has 0 heterocycles. The molecule has 0 unspecified atom stereocenters. The minimum atomic E-state index is -0.251. The Hall–Kier alpha value is -2.24. The van der Waals surface area contributed by atoms with Gasteiger partial charge in [0.25, 0.3) is 0 Å². The maximum absolute atomic E-state index is 12.7. The fraction of sp³-hybridized carbons (Fsp3) is 0.925. The van der Waals surface area contributed by atoms with Gasteiger partial charge in [-0.05, 0) is 65.3 Å². The van der Waals surface area contributed by atoms with Crippen LogP contribution >= 0.6 is 0 Å². The van der Waals surface area contributed by atoms with E-state index in [1.807, 2.05) is 0 Å². The molecule has 0 amide bonds. The average molecular weight is 910 g/mol. The number of methoxy groups -OCH3 is 1. The van der Waals surface area contributed by atoms with Gasteiger partial charge in [0, 0.05) is 26.2 Å². The van der Waals surface area contributed by atoms with Crippen molar-refractivity contribution in [3.63, 3.8) is 0 Å². The van der Waals surface area contributed by atoms with Gasteiger partial charge in [-0.2, -0.15) is 0 Å². The van der Waals surface area contributed by atoms with E-state index in [-0.39, 0.29) is 30.3 Å². The zero-order chi connectivity index (χ0) is 47.0. The van der Waals surface area contributed by atoms with Gasteiger partial charge in [-0.1, -0.05) is 175 Å². The largest absolute Gasteiger partial charge is 0.469 e. The summed E-state index contributed by atoms with van der Waals surface area (Å²) in [4.78, 5) is 56.5. The van der Waals surface area contributed by atoms with E-state index in [0.29, 0.717) is 65.3 Å². The third-order valence-corrected chi connectivity index (χ3v) is 12.3. The number of ether oxygens (including phenoxy) is 4. The molecule has 0 saturated heterocycles. The smallest absolute Gasteiger partial charge is 0.307 e. The lowest BCUT2D eigenvalue weighted by molar-refractivity contribution is -0.145. The number of carbonyl (C=O) groups is 4. The maximum Gasteiger partial charge on any atom is 0.307 e. The molecule has 0 spiro atoms. The zero-order valence-corrected chi connectivity index (χ0v) is 42.7. The maximum atomic E-state index is 12.7. The first-order valence-corrected chi connectivity index (χ1v) is 26.9. The Morgan fingerprint density at radius 2 is 0.562 bits per heavy atom. The van der Waals surface area contributed by atoms with Gasteiger partial charge in [-0.3, -0.25) is 19.2 Å². The molecule has 0 aromatic carbocycles. The summed E-state index contributed by atoms with van der Waals surface area (Å²) in [5.41, 5.74) is 0. The Bertz CT molecular complexity index is 1020. The number of carbonyl (C=O) groups excluding carboxylic acids is 4. The van der Waals surface area contributed by atoms with Crippen LogP contribution in [0.2, 0.25) is 0 Å². The minimum Gasteiger partial charge on any atom is -0.469 e. The summed E-state index contributed by atoms with van der Waals surface area (Å²) in [5, 5.41) is 0. The first-order chi connectivity index (χ1) is 31.2. The molecule has 0 N–H and O–H groups in total. The Kier molecular flexibility index (Phi) is 47.0. The lowest BCUT2D eigenvalue weighted by atomic mass is 10.1. The molecule has 0 atom stereocenters. The first-order valence-electron chi connectivity index (χ1n) is 26.9. The van der Waals surface area contributed by atoms with Crippen molar-refractivity contribution in [3.8, 4) is 0 Å². The molecule has 0 saturated carbocycles. The lowest BCUT2D eigenvalue weighted by Crippen LogP contribution is -2.34. The molecule has 0 aliphatic rings. The van der Waals surface area contributed by atoms with Crippen molar-refractivity contribution in [1.82, 2.24) is 14.7 Å². The van der Waals surface area contributed by atoms with E-state index >= 15 is 0 Å². The van der Waals surface area contributed by atoms with Crippen LogP contribution in [0, 0.1) is 0 Å². The number of esters is 4. The lowest BCUT2D eigenvalue weighted by Gasteiger charge is -2.25. The van der Waals surface area contributed by atoms with Crippen molar-refractivity contribution in [3.05, 3.63) is 0 Å². The Labute approximate surface area is 394 Å². The summed E-state index contributed by atoms with van der Waals surface area (Å²) in [6.45, 7) is 13.7. The van der Waals surface area contributed by atoms with Gasteiger partial charge in [0.15, 0.2) is 0 Å². The van der Waals surface area contributed by atoms with Crippen LogP contribution in [-0.4, -0.2) is 125 Å². The second-order valence-electron chi connectivity index (χ2n) is 18.4. The van der Waals surface area contributed by atoms with E-state index in [2.05, 4.69) is 42.5 Å². The van der Waals surface area contributed by atoms with Crippen molar-refractivity contribution in [2.45, 2.75) is 233 Å². The van der Waals surface area contributed by atoms with Gasteiger partial charge in [0.1, 0.15) is 0 Å². The van der Waals surface area contributed by atoms with E-state index in [0.717, 1.165) is 77.5 Å². The molecule has 0 rings (SSSR count). The van der Waals surface area contributed by atoms with Crippen LogP contribution in [0.15, 0.2) is 0 Å². The molecule has 0 fully saturated rings. The number of unbranched alkanes of at least 4 members (excludes halogenated alkanes) is 24. The van der Waals surface area contributed by atoms with Crippen LogP contribution in [0.25, 0.3) is 0 Å². The topological polar surface area (TPSA) is 115 Å². The summed E-state index contributed by atoms with van der Waals surface area (Å²) in [6, 6.07) is 0. The predicted molar refractivity (Wildman–Crippen MR) is 265 cm³/mol. The molecule has 0 aromatic heterocycles. The monoisotopic (exact) mass is 910 g/mol. The van der Waals surface area contributed by atoms with Crippen LogP contribution in [-0.2, 0) is 38.1 Å². The standard InChI is InChI=1S/C53H103N3O8/c1-6-9-12-15-18-21-24-27-30-47-62-51(58)36-44-55(43-35-50(57)61-5)41-33-39-54(4)40-34-42-56(45-37-52(59)63-48-31-28-25-22-19-16-13-10-7-2)46-38-53(60)64-49-32-29-26-23-20-17-14-11-8-3/h6-49H2,1-5H3. The first kappa shape index (κ1) is 61.8. The van der Waals surface area contributed by atoms with Gasteiger partial charge >= 0.3 is 23.9 Å². The van der Waals surface area contributed by atoms with E-state index in [4.69, 9.17) is 18.9 Å². The Morgan fingerprint density at radius 1 is 0.312 bits per heavy atom. The van der Waals surface area contributed by atoms with Crippen LogP contribution in [0.4, 0.5) is 0 Å². The highest BCUT2D eigenvalue weighted by Crippen LogP contribution is 2.13. The molecule has 0 aliphatic carbocycles. The summed E-state index contributed by atoms with van der Waals surface area (Å²) in [7, 11) is 3.52. The molecule has 11 heteroatoms. The van der Waals surface area contributed by atoms with Gasteiger partial charge in [-0.15, -0.1) is 0 Å². The number of hydrogen-bond acceptors (Lipinski definition) is 11. The van der Waals surface area contributed by atoms with Crippen LogP contribution in [0.1, 0.15) is 233 Å². The number of nitrogens with zero attached hydrogens (tertiary/aromatic N) is 3. The zero-order valence-electron chi connectivity index (χ0n) is 42.7. The summed E-state index contributed by atoms with van der Waals surface area (Å²) in [5.74, 6) is -0.765. The van der Waals surface area contributed by atoms with Crippen molar-refractivity contribution in [2.75, 3.05) is 86.3 Å². The van der Waals surface area contributed by atoms with E-state index in [9.17, 15) is 19.2 Å². The molecule has 11 nitrogen and oxygen atoms in total. The fourth-order valence-corrected chi connectivity index (χ4v) is 8.02. The molecular formula is C53H103N3O8. The van der Waals surface area contributed by atoms with E-state index in [1.54, 1.807) is 0 Å². The third-order valence-electron chi connectivity index (χ3n) is 12.3. The number of rotatable bonds is 50. The van der Waals surface area contributed by atoms with Gasteiger partial charge < -0.3 is 33.6 Å². The van der Waals surface area contributed by atoms with Crippen molar-refractivity contribution in [1.29, 1.82) is 0 Å². The van der Waals surface area contributed by atoms with E-state index in [1.165, 1.54) is 142 Å². The minimum absolute atomic E-state index is 0.168. The van der Waals surface area contributed by atoms with Gasteiger partial charge in [-0.25, -0.2) is 0 Å². The van der Waals surface area contributed by atoms with Gasteiger partial charge in [0.05, 0.1) is 52.6 Å². The second kappa shape index (κ2) is 48.7. The summed E-state index contributed by atoms with van der Waals surface area (Å²) >= 11 is 0.